The molecule has 0 aromatic carbocycles. The van der Waals surface area contributed by atoms with Gasteiger partial charge in [-0.25, -0.2) is 0 Å². The standard InChI is InChI=1S/C8H8/c1-3-5-7-8-6-4-2/h1H,7-8H2,2H3. The Morgan fingerprint density at radius 1 is 1.25 bits per heavy atom. The molecular weight excluding hydrogens is 96.1 g/mol. The van der Waals surface area contributed by atoms with Gasteiger partial charge in [0.15, 0.2) is 0 Å². The molecular formula is C8H8. The van der Waals surface area contributed by atoms with Crippen LogP contribution in [-0.2, 0) is 0 Å². The third-order valence-corrected chi connectivity index (χ3v) is 0.654. The number of hydrogen-bond acceptors (Lipinski definition) is 0. The van der Waals surface area contributed by atoms with E-state index in [0.717, 1.165) is 12.8 Å². The zero-order valence-electron chi connectivity index (χ0n) is 4.99. The molecule has 0 saturated heterocycles. The van der Waals surface area contributed by atoms with Crippen molar-refractivity contribution in [2.45, 2.75) is 19.8 Å². The smallest absolute Gasteiger partial charge is 0.0503 e. The molecule has 0 bridgehead atoms. The Bertz CT molecular complexity index is 124. The van der Waals surface area contributed by atoms with E-state index in [2.05, 4.69) is 23.7 Å². The molecule has 0 nitrogen and oxygen atoms in total. The van der Waals surface area contributed by atoms with Crippen LogP contribution >= 0.6 is 0 Å². The minimum absolute atomic E-state index is 0.789. The Hall–Kier alpha value is -0.880. The fourth-order valence-electron chi connectivity index (χ4n) is 0.322. The summed E-state index contributed by atoms with van der Waals surface area (Å²) >= 11 is 0. The maximum Gasteiger partial charge on any atom is 0.0503 e. The molecule has 2 radical (unpaired) electrons. The van der Waals surface area contributed by atoms with E-state index < -0.39 is 0 Å². The molecule has 40 valence electrons. The highest BCUT2D eigenvalue weighted by atomic mass is 13.7. The van der Waals surface area contributed by atoms with Gasteiger partial charge >= 0.3 is 0 Å². The SMILES string of the molecule is [CH]C#CCCC#CC. The zero-order valence-corrected chi connectivity index (χ0v) is 4.99. The second-order valence-electron chi connectivity index (χ2n) is 1.25. The summed E-state index contributed by atoms with van der Waals surface area (Å²) in [6.07, 6.45) is 1.62. The Kier molecular flexibility index (Phi) is 5.45. The number of rotatable bonds is 1. The lowest BCUT2D eigenvalue weighted by Gasteiger charge is -1.74. The van der Waals surface area contributed by atoms with Crippen molar-refractivity contribution >= 4 is 0 Å². The monoisotopic (exact) mass is 104 g/mol. The van der Waals surface area contributed by atoms with Crippen LogP contribution < -0.4 is 0 Å². The molecule has 0 atom stereocenters. The van der Waals surface area contributed by atoms with E-state index >= 15 is 0 Å². The largest absolute Gasteiger partial charge is 0.107 e. The average molecular weight is 104 g/mol. The van der Waals surface area contributed by atoms with Gasteiger partial charge in [-0.15, -0.1) is 17.8 Å². The van der Waals surface area contributed by atoms with E-state index in [1.807, 2.05) is 6.92 Å². The van der Waals surface area contributed by atoms with Crippen LogP contribution in [0.15, 0.2) is 0 Å². The summed E-state index contributed by atoms with van der Waals surface area (Å²) in [5.41, 5.74) is 0. The third-order valence-electron chi connectivity index (χ3n) is 0.654. The Balaban J connectivity index is 3.10. The second kappa shape index (κ2) is 6.12. The zero-order chi connectivity index (χ0) is 6.24. The van der Waals surface area contributed by atoms with E-state index in [9.17, 15) is 0 Å². The summed E-state index contributed by atoms with van der Waals surface area (Å²) in [4.78, 5) is 0. The summed E-state index contributed by atoms with van der Waals surface area (Å²) < 4.78 is 0. The molecule has 0 N–H and O–H groups in total. The molecule has 0 unspecified atom stereocenters. The van der Waals surface area contributed by atoms with Gasteiger partial charge < -0.3 is 0 Å². The quantitative estimate of drug-likeness (QED) is 0.349. The van der Waals surface area contributed by atoms with Gasteiger partial charge in [-0.3, -0.25) is 0 Å². The predicted molar refractivity (Wildman–Crippen MR) is 34.8 cm³/mol. The van der Waals surface area contributed by atoms with Crippen molar-refractivity contribution in [3.8, 4) is 23.7 Å². The molecule has 0 aliphatic heterocycles. The molecule has 0 aliphatic rings. The number of hydrogen-bond donors (Lipinski definition) is 0. The maximum absolute atomic E-state index is 4.90. The van der Waals surface area contributed by atoms with Gasteiger partial charge in [-0.05, 0) is 6.92 Å². The first-order chi connectivity index (χ1) is 3.91. The van der Waals surface area contributed by atoms with E-state index in [1.54, 1.807) is 0 Å². The highest BCUT2D eigenvalue weighted by molar-refractivity contribution is 5.05. The van der Waals surface area contributed by atoms with Crippen LogP contribution in [0, 0.1) is 30.6 Å². The van der Waals surface area contributed by atoms with Crippen LogP contribution in [0.25, 0.3) is 0 Å². The predicted octanol–water partition coefficient (Wildman–Crippen LogP) is 1.50. The molecule has 0 aliphatic carbocycles. The van der Waals surface area contributed by atoms with E-state index in [1.165, 1.54) is 0 Å². The summed E-state index contributed by atoms with van der Waals surface area (Å²) in [6, 6.07) is 0. The van der Waals surface area contributed by atoms with E-state index in [-0.39, 0.29) is 0 Å². The van der Waals surface area contributed by atoms with E-state index in [0.29, 0.717) is 0 Å². The first-order valence-corrected chi connectivity index (χ1v) is 2.50. The molecule has 0 spiro atoms. The van der Waals surface area contributed by atoms with Crippen molar-refractivity contribution in [2.75, 3.05) is 0 Å². The highest BCUT2D eigenvalue weighted by Gasteiger charge is 1.69. The van der Waals surface area contributed by atoms with Gasteiger partial charge in [0, 0.05) is 12.8 Å². The van der Waals surface area contributed by atoms with Gasteiger partial charge in [0.1, 0.15) is 0 Å². The third kappa shape index (κ3) is 5.12. The number of unbranched alkanes of at least 4 members (excludes halogenated alkanes) is 1. The lowest BCUT2D eigenvalue weighted by atomic mass is 10.3. The lowest BCUT2D eigenvalue weighted by molar-refractivity contribution is 1.12. The van der Waals surface area contributed by atoms with Crippen molar-refractivity contribution in [3.05, 3.63) is 6.92 Å². The molecule has 0 aromatic rings. The van der Waals surface area contributed by atoms with Crippen molar-refractivity contribution in [1.29, 1.82) is 0 Å². The first-order valence-electron chi connectivity index (χ1n) is 2.50. The minimum atomic E-state index is 0.789. The van der Waals surface area contributed by atoms with Crippen molar-refractivity contribution in [3.63, 3.8) is 0 Å². The van der Waals surface area contributed by atoms with Crippen molar-refractivity contribution in [2.24, 2.45) is 0 Å². The molecule has 0 rings (SSSR count). The Labute approximate surface area is 51.3 Å². The van der Waals surface area contributed by atoms with Crippen molar-refractivity contribution in [1.82, 2.24) is 0 Å². The molecule has 0 fully saturated rings. The summed E-state index contributed by atoms with van der Waals surface area (Å²) in [5.74, 6) is 10.7. The van der Waals surface area contributed by atoms with Crippen molar-refractivity contribution < 1.29 is 0 Å². The van der Waals surface area contributed by atoms with Gasteiger partial charge in [-0.2, -0.15) is 0 Å². The van der Waals surface area contributed by atoms with Gasteiger partial charge in [0.25, 0.3) is 0 Å². The van der Waals surface area contributed by atoms with Crippen LogP contribution in [0.5, 0.6) is 0 Å². The fourth-order valence-corrected chi connectivity index (χ4v) is 0.322. The normalized spacial score (nSPS) is 5.75. The van der Waals surface area contributed by atoms with Gasteiger partial charge in [0.2, 0.25) is 0 Å². The molecule has 0 aromatic heterocycles. The minimum Gasteiger partial charge on any atom is -0.107 e. The van der Waals surface area contributed by atoms with Crippen LogP contribution in [0.4, 0.5) is 0 Å². The topological polar surface area (TPSA) is 0 Å². The fraction of sp³-hybridized carbons (Fsp3) is 0.375. The van der Waals surface area contributed by atoms with Crippen LogP contribution in [-0.4, -0.2) is 0 Å². The summed E-state index contributed by atoms with van der Waals surface area (Å²) in [5, 5.41) is 0. The average Bonchev–Trinajstić information content (AvgIpc) is 1.81. The lowest BCUT2D eigenvalue weighted by Crippen LogP contribution is -1.62. The first kappa shape index (κ1) is 7.12. The van der Waals surface area contributed by atoms with Crippen LogP contribution in [0.2, 0.25) is 0 Å². The molecule has 8 heavy (non-hydrogen) atoms. The molecule has 0 amide bonds. The highest BCUT2D eigenvalue weighted by Crippen LogP contribution is 1.80. The Morgan fingerprint density at radius 3 is 2.38 bits per heavy atom. The van der Waals surface area contributed by atoms with E-state index in [4.69, 9.17) is 6.92 Å². The maximum atomic E-state index is 4.90. The molecule has 0 saturated carbocycles. The van der Waals surface area contributed by atoms with Crippen LogP contribution in [0.1, 0.15) is 19.8 Å². The van der Waals surface area contributed by atoms with Gasteiger partial charge in [0.05, 0.1) is 6.92 Å². The molecule has 0 heterocycles. The Morgan fingerprint density at radius 2 is 1.88 bits per heavy atom. The molecule has 0 heteroatoms. The summed E-state index contributed by atoms with van der Waals surface area (Å²) in [7, 11) is 0. The second-order valence-corrected chi connectivity index (χ2v) is 1.25. The van der Waals surface area contributed by atoms with Crippen LogP contribution in [0.3, 0.4) is 0 Å². The summed E-state index contributed by atoms with van der Waals surface area (Å²) in [6.45, 7) is 6.72. The van der Waals surface area contributed by atoms with Gasteiger partial charge in [-0.1, -0.05) is 5.92 Å².